The lowest BCUT2D eigenvalue weighted by Crippen LogP contribution is -2.40. The lowest BCUT2D eigenvalue weighted by Gasteiger charge is -2.30. The summed E-state index contributed by atoms with van der Waals surface area (Å²) in [6, 6.07) is 3.98. The first-order valence-electron chi connectivity index (χ1n) is 5.59. The molecule has 1 rings (SSSR count). The van der Waals surface area contributed by atoms with E-state index in [0.29, 0.717) is 4.90 Å². The number of hydrogen-bond donors (Lipinski definition) is 1. The molecule has 1 aromatic rings. The van der Waals surface area contributed by atoms with Gasteiger partial charge in [-0.05, 0) is 24.6 Å². The minimum absolute atomic E-state index is 0.109. The van der Waals surface area contributed by atoms with Gasteiger partial charge in [0.1, 0.15) is 11.6 Å². The third-order valence-electron chi connectivity index (χ3n) is 2.69. The van der Waals surface area contributed by atoms with Crippen molar-refractivity contribution < 1.29 is 8.78 Å². The highest BCUT2D eigenvalue weighted by atomic mass is 32.2. The first-order chi connectivity index (χ1) is 7.84. The van der Waals surface area contributed by atoms with Gasteiger partial charge in [0, 0.05) is 22.8 Å². The van der Waals surface area contributed by atoms with Crippen LogP contribution in [0.15, 0.2) is 23.1 Å². The second-order valence-corrected chi connectivity index (χ2v) is 6.15. The molecule has 0 aliphatic heterocycles. The Morgan fingerprint density at radius 1 is 1.29 bits per heavy atom. The number of rotatable bonds is 4. The highest BCUT2D eigenvalue weighted by Gasteiger charge is 2.23. The summed E-state index contributed by atoms with van der Waals surface area (Å²) in [5.74, 6) is -0.269. The molecule has 0 bridgehead atoms. The van der Waals surface area contributed by atoms with Crippen LogP contribution in [0.5, 0.6) is 0 Å². The number of nitrogens with one attached hydrogen (secondary N) is 1. The molecule has 1 unspecified atom stereocenters. The van der Waals surface area contributed by atoms with Crippen molar-refractivity contribution in [2.24, 2.45) is 5.41 Å². The Balaban J connectivity index is 2.66. The molecule has 1 nitrogen and oxygen atoms in total. The Hall–Kier alpha value is -0.610. The molecule has 0 aliphatic rings. The summed E-state index contributed by atoms with van der Waals surface area (Å²) < 4.78 is 26.2. The first kappa shape index (κ1) is 14.5. The molecule has 0 amide bonds. The van der Waals surface area contributed by atoms with Gasteiger partial charge in [-0.3, -0.25) is 0 Å². The molecule has 0 spiro atoms. The van der Waals surface area contributed by atoms with Crippen molar-refractivity contribution in [2.45, 2.75) is 31.7 Å². The van der Waals surface area contributed by atoms with E-state index in [1.54, 1.807) is 0 Å². The predicted octanol–water partition coefficient (Wildman–Crippen LogP) is 3.69. The van der Waals surface area contributed by atoms with E-state index in [9.17, 15) is 8.78 Å². The molecule has 0 aromatic heterocycles. The van der Waals surface area contributed by atoms with E-state index in [-0.39, 0.29) is 11.5 Å². The van der Waals surface area contributed by atoms with E-state index in [1.165, 1.54) is 23.9 Å². The monoisotopic (exact) mass is 259 g/mol. The topological polar surface area (TPSA) is 12.0 Å². The molecule has 0 saturated heterocycles. The normalized spacial score (nSPS) is 13.8. The summed E-state index contributed by atoms with van der Waals surface area (Å²) in [5, 5.41) is 3.23. The highest BCUT2D eigenvalue weighted by molar-refractivity contribution is 7.99. The molecule has 1 N–H and O–H groups in total. The van der Waals surface area contributed by atoms with E-state index in [2.05, 4.69) is 26.1 Å². The standard InChI is InChI=1S/C13H19F2NS/c1-13(2,3)12(16-4)8-17-11-6-5-9(14)7-10(11)15/h5-7,12,16H,8H2,1-4H3. The second-order valence-electron chi connectivity index (χ2n) is 5.09. The summed E-state index contributed by atoms with van der Waals surface area (Å²) in [7, 11) is 1.90. The summed E-state index contributed by atoms with van der Waals surface area (Å²) in [6.07, 6.45) is 0. The van der Waals surface area contributed by atoms with Crippen LogP contribution in [0.4, 0.5) is 8.78 Å². The molecule has 0 saturated carbocycles. The molecular formula is C13H19F2NS. The molecule has 96 valence electrons. The number of thioether (sulfide) groups is 1. The maximum atomic E-state index is 13.4. The van der Waals surface area contributed by atoms with Gasteiger partial charge in [-0.15, -0.1) is 11.8 Å². The van der Waals surface area contributed by atoms with E-state index in [1.807, 2.05) is 7.05 Å². The SMILES string of the molecule is CNC(CSc1ccc(F)cc1F)C(C)(C)C. The maximum absolute atomic E-state index is 13.4. The summed E-state index contributed by atoms with van der Waals surface area (Å²) in [5.41, 5.74) is 0.109. The van der Waals surface area contributed by atoms with Crippen molar-refractivity contribution in [3.8, 4) is 0 Å². The van der Waals surface area contributed by atoms with E-state index in [0.717, 1.165) is 11.8 Å². The molecule has 0 fully saturated rings. The van der Waals surface area contributed by atoms with Gasteiger partial charge in [0.25, 0.3) is 0 Å². The van der Waals surface area contributed by atoms with Crippen molar-refractivity contribution in [3.05, 3.63) is 29.8 Å². The molecular weight excluding hydrogens is 240 g/mol. The highest BCUT2D eigenvalue weighted by Crippen LogP contribution is 2.28. The maximum Gasteiger partial charge on any atom is 0.139 e. The molecule has 0 aliphatic carbocycles. The van der Waals surface area contributed by atoms with Gasteiger partial charge in [0.2, 0.25) is 0 Å². The van der Waals surface area contributed by atoms with E-state index < -0.39 is 11.6 Å². The van der Waals surface area contributed by atoms with E-state index in [4.69, 9.17) is 0 Å². The summed E-state index contributed by atoms with van der Waals surface area (Å²) in [6.45, 7) is 6.40. The van der Waals surface area contributed by atoms with Gasteiger partial charge in [0.15, 0.2) is 0 Å². The minimum Gasteiger partial charge on any atom is -0.316 e. The van der Waals surface area contributed by atoms with Gasteiger partial charge in [0.05, 0.1) is 0 Å². The van der Waals surface area contributed by atoms with Crippen LogP contribution in [0.3, 0.4) is 0 Å². The van der Waals surface area contributed by atoms with E-state index >= 15 is 0 Å². The Kier molecular flexibility index (Phi) is 4.95. The van der Waals surface area contributed by atoms with Gasteiger partial charge < -0.3 is 5.32 Å². The predicted molar refractivity (Wildman–Crippen MR) is 69.4 cm³/mol. The molecule has 1 atom stereocenters. The second kappa shape index (κ2) is 5.83. The first-order valence-corrected chi connectivity index (χ1v) is 6.58. The fraction of sp³-hybridized carbons (Fsp3) is 0.538. The quantitative estimate of drug-likeness (QED) is 0.828. The number of benzene rings is 1. The van der Waals surface area contributed by atoms with Crippen LogP contribution in [0.2, 0.25) is 0 Å². The summed E-state index contributed by atoms with van der Waals surface area (Å²) in [4.78, 5) is 0.496. The van der Waals surface area contributed by atoms with Crippen molar-refractivity contribution >= 4 is 11.8 Å². The van der Waals surface area contributed by atoms with Crippen LogP contribution >= 0.6 is 11.8 Å². The Labute approximate surface area is 106 Å². The average molecular weight is 259 g/mol. The fourth-order valence-electron chi connectivity index (χ4n) is 1.53. The van der Waals surface area contributed by atoms with Crippen LogP contribution in [0, 0.1) is 17.0 Å². The zero-order valence-electron chi connectivity index (χ0n) is 10.7. The van der Waals surface area contributed by atoms with Crippen LogP contribution in [0.1, 0.15) is 20.8 Å². The lowest BCUT2D eigenvalue weighted by atomic mass is 9.88. The fourth-order valence-corrected chi connectivity index (χ4v) is 2.91. The van der Waals surface area contributed by atoms with Crippen molar-refractivity contribution in [2.75, 3.05) is 12.8 Å². The number of halogens is 2. The zero-order valence-corrected chi connectivity index (χ0v) is 11.5. The molecule has 4 heteroatoms. The zero-order chi connectivity index (χ0) is 13.1. The van der Waals surface area contributed by atoms with Crippen molar-refractivity contribution in [1.82, 2.24) is 5.32 Å². The van der Waals surface area contributed by atoms with Crippen LogP contribution < -0.4 is 5.32 Å². The van der Waals surface area contributed by atoms with Crippen molar-refractivity contribution in [3.63, 3.8) is 0 Å². The van der Waals surface area contributed by atoms with Gasteiger partial charge in [-0.25, -0.2) is 8.78 Å². The van der Waals surface area contributed by atoms with Gasteiger partial charge in [-0.1, -0.05) is 20.8 Å². The lowest BCUT2D eigenvalue weighted by molar-refractivity contribution is 0.305. The van der Waals surface area contributed by atoms with Gasteiger partial charge in [-0.2, -0.15) is 0 Å². The third kappa shape index (κ3) is 4.28. The minimum atomic E-state index is -0.534. The summed E-state index contributed by atoms with van der Waals surface area (Å²) >= 11 is 1.41. The molecule has 1 aromatic carbocycles. The largest absolute Gasteiger partial charge is 0.316 e. The Morgan fingerprint density at radius 3 is 2.41 bits per heavy atom. The molecule has 17 heavy (non-hydrogen) atoms. The van der Waals surface area contributed by atoms with Crippen molar-refractivity contribution in [1.29, 1.82) is 0 Å². The average Bonchev–Trinajstić information content (AvgIpc) is 2.19. The third-order valence-corrected chi connectivity index (χ3v) is 3.84. The van der Waals surface area contributed by atoms with Crippen LogP contribution in [-0.2, 0) is 0 Å². The number of hydrogen-bond acceptors (Lipinski definition) is 2. The van der Waals surface area contributed by atoms with Crippen LogP contribution in [-0.4, -0.2) is 18.8 Å². The smallest absolute Gasteiger partial charge is 0.139 e. The van der Waals surface area contributed by atoms with Gasteiger partial charge >= 0.3 is 0 Å². The Morgan fingerprint density at radius 2 is 1.94 bits per heavy atom. The molecule has 0 radical (unpaired) electrons. The Bertz CT molecular complexity index is 374. The molecule has 0 heterocycles. The van der Waals surface area contributed by atoms with Crippen LogP contribution in [0.25, 0.3) is 0 Å².